The van der Waals surface area contributed by atoms with Crippen LogP contribution < -0.4 is 0 Å². The van der Waals surface area contributed by atoms with Crippen LogP contribution in [0.4, 0.5) is 0 Å². The fourth-order valence-electron chi connectivity index (χ4n) is 3.43. The van der Waals surface area contributed by atoms with Gasteiger partial charge in [-0.1, -0.05) is 42.0 Å². The zero-order valence-electron chi connectivity index (χ0n) is 14.4. The highest BCUT2D eigenvalue weighted by molar-refractivity contribution is 5.79. The number of aryl methyl sites for hydroxylation is 1. The molecule has 1 aliphatic rings. The Morgan fingerprint density at radius 1 is 1.12 bits per heavy atom. The van der Waals surface area contributed by atoms with E-state index < -0.39 is 0 Å². The molecule has 1 aliphatic heterocycles. The fourth-order valence-corrected chi connectivity index (χ4v) is 3.43. The van der Waals surface area contributed by atoms with E-state index in [2.05, 4.69) is 24.0 Å². The molecule has 4 nitrogen and oxygen atoms in total. The minimum atomic E-state index is 0.208. The van der Waals surface area contributed by atoms with Crippen molar-refractivity contribution in [2.24, 2.45) is 0 Å². The van der Waals surface area contributed by atoms with Crippen LogP contribution in [0.1, 0.15) is 35.8 Å². The Bertz CT molecular complexity index is 841. The molecule has 0 unspecified atom stereocenters. The van der Waals surface area contributed by atoms with E-state index in [1.165, 1.54) is 5.56 Å². The lowest BCUT2D eigenvalue weighted by Crippen LogP contribution is -2.38. The van der Waals surface area contributed by atoms with E-state index in [1.54, 1.807) is 0 Å². The molecule has 1 fully saturated rings. The first-order valence-corrected chi connectivity index (χ1v) is 8.88. The van der Waals surface area contributed by atoms with Gasteiger partial charge >= 0.3 is 0 Å². The third-order valence-corrected chi connectivity index (χ3v) is 4.98. The van der Waals surface area contributed by atoms with Gasteiger partial charge in [-0.15, -0.1) is 0 Å². The highest BCUT2D eigenvalue weighted by Crippen LogP contribution is 2.30. The fraction of sp³-hybridized carbons (Fsp3) is 0.333. The van der Waals surface area contributed by atoms with Gasteiger partial charge in [-0.25, -0.2) is 4.98 Å². The second-order valence-electron chi connectivity index (χ2n) is 6.84. The smallest absolute Gasteiger partial charge is 0.226 e. The Kier molecular flexibility index (Phi) is 4.26. The van der Waals surface area contributed by atoms with Crippen LogP contribution in [0.25, 0.3) is 11.1 Å². The van der Waals surface area contributed by atoms with E-state index in [0.717, 1.165) is 48.5 Å². The van der Waals surface area contributed by atoms with E-state index in [-0.39, 0.29) is 5.91 Å². The number of benzene rings is 2. The van der Waals surface area contributed by atoms with E-state index in [1.807, 2.05) is 41.3 Å². The number of para-hydroxylation sites is 2. The Morgan fingerprint density at radius 3 is 2.56 bits per heavy atom. The van der Waals surface area contributed by atoms with Crippen molar-refractivity contribution in [3.05, 3.63) is 65.5 Å². The van der Waals surface area contributed by atoms with Crippen molar-refractivity contribution in [1.82, 2.24) is 9.88 Å². The third kappa shape index (κ3) is 3.43. The Hall–Kier alpha value is -2.62. The van der Waals surface area contributed by atoms with E-state index >= 15 is 0 Å². The molecule has 128 valence electrons. The number of hydrogen-bond acceptors (Lipinski definition) is 3. The number of likely N-dealkylation sites (tertiary alicyclic amines) is 1. The summed E-state index contributed by atoms with van der Waals surface area (Å²) in [6.45, 7) is 3.60. The van der Waals surface area contributed by atoms with Gasteiger partial charge in [0.25, 0.3) is 0 Å². The first-order valence-electron chi connectivity index (χ1n) is 8.88. The molecule has 0 aliphatic carbocycles. The molecular formula is C21H22N2O2. The summed E-state index contributed by atoms with van der Waals surface area (Å²) in [6, 6.07) is 16.1. The van der Waals surface area contributed by atoms with Crippen LogP contribution in [0.5, 0.6) is 0 Å². The molecule has 0 bridgehead atoms. The number of fused-ring (bicyclic) bond motifs is 1. The van der Waals surface area contributed by atoms with Gasteiger partial charge in [-0.05, 0) is 37.5 Å². The Labute approximate surface area is 147 Å². The summed E-state index contributed by atoms with van der Waals surface area (Å²) < 4.78 is 5.90. The molecular weight excluding hydrogens is 312 g/mol. The average Bonchev–Trinajstić information content (AvgIpc) is 3.08. The van der Waals surface area contributed by atoms with E-state index in [0.29, 0.717) is 12.3 Å². The summed E-state index contributed by atoms with van der Waals surface area (Å²) in [5.41, 5.74) is 4.05. The zero-order valence-corrected chi connectivity index (χ0v) is 14.4. The van der Waals surface area contributed by atoms with Crippen molar-refractivity contribution in [3.8, 4) is 0 Å². The van der Waals surface area contributed by atoms with Crippen molar-refractivity contribution in [1.29, 1.82) is 0 Å². The lowest BCUT2D eigenvalue weighted by molar-refractivity contribution is -0.131. The van der Waals surface area contributed by atoms with Crippen LogP contribution in [0.15, 0.2) is 52.9 Å². The van der Waals surface area contributed by atoms with Crippen LogP contribution in [-0.4, -0.2) is 28.9 Å². The molecule has 0 spiro atoms. The number of nitrogens with zero attached hydrogens (tertiary/aromatic N) is 2. The third-order valence-electron chi connectivity index (χ3n) is 4.98. The van der Waals surface area contributed by atoms with Crippen LogP contribution in [0.3, 0.4) is 0 Å². The number of rotatable bonds is 3. The summed E-state index contributed by atoms with van der Waals surface area (Å²) in [5, 5.41) is 0. The first-order chi connectivity index (χ1) is 12.2. The van der Waals surface area contributed by atoms with Gasteiger partial charge in [0.1, 0.15) is 5.52 Å². The van der Waals surface area contributed by atoms with Crippen molar-refractivity contribution in [2.75, 3.05) is 13.1 Å². The maximum Gasteiger partial charge on any atom is 0.226 e. The zero-order chi connectivity index (χ0) is 17.2. The van der Waals surface area contributed by atoms with Gasteiger partial charge in [-0.3, -0.25) is 4.79 Å². The predicted molar refractivity (Wildman–Crippen MR) is 97.4 cm³/mol. The second-order valence-corrected chi connectivity index (χ2v) is 6.84. The lowest BCUT2D eigenvalue weighted by atomic mass is 9.96. The van der Waals surface area contributed by atoms with Crippen molar-refractivity contribution in [2.45, 2.75) is 32.1 Å². The average molecular weight is 334 g/mol. The molecule has 1 amide bonds. The first kappa shape index (κ1) is 15.9. The number of amides is 1. The Balaban J connectivity index is 1.37. The van der Waals surface area contributed by atoms with E-state index in [9.17, 15) is 4.79 Å². The summed E-state index contributed by atoms with van der Waals surface area (Å²) in [7, 11) is 0. The molecule has 0 N–H and O–H groups in total. The van der Waals surface area contributed by atoms with Crippen LogP contribution in [-0.2, 0) is 11.2 Å². The monoisotopic (exact) mass is 334 g/mol. The number of piperidine rings is 1. The quantitative estimate of drug-likeness (QED) is 0.725. The number of oxazole rings is 1. The lowest BCUT2D eigenvalue weighted by Gasteiger charge is -2.30. The van der Waals surface area contributed by atoms with Crippen molar-refractivity contribution in [3.63, 3.8) is 0 Å². The standard InChI is InChI=1S/C21H22N2O2/c1-15-6-8-16(9-7-15)14-20(24)23-12-10-17(11-13-23)21-22-18-4-2-3-5-19(18)25-21/h2-9,17H,10-14H2,1H3. The van der Waals surface area contributed by atoms with E-state index in [4.69, 9.17) is 4.42 Å². The van der Waals surface area contributed by atoms with Crippen LogP contribution >= 0.6 is 0 Å². The molecule has 25 heavy (non-hydrogen) atoms. The number of aromatic nitrogens is 1. The minimum Gasteiger partial charge on any atom is -0.440 e. The largest absolute Gasteiger partial charge is 0.440 e. The Morgan fingerprint density at radius 2 is 1.84 bits per heavy atom. The molecule has 3 aromatic rings. The maximum absolute atomic E-state index is 12.5. The molecule has 2 aromatic carbocycles. The van der Waals surface area contributed by atoms with Gasteiger partial charge in [0, 0.05) is 19.0 Å². The summed E-state index contributed by atoms with van der Waals surface area (Å²) in [6.07, 6.45) is 2.30. The summed E-state index contributed by atoms with van der Waals surface area (Å²) in [5.74, 6) is 1.32. The normalized spacial score (nSPS) is 15.6. The van der Waals surface area contributed by atoms with Gasteiger partial charge in [0.05, 0.1) is 6.42 Å². The van der Waals surface area contributed by atoms with Gasteiger partial charge < -0.3 is 9.32 Å². The number of carbonyl (C=O) groups excluding carboxylic acids is 1. The minimum absolute atomic E-state index is 0.208. The van der Waals surface area contributed by atoms with Gasteiger partial charge in [0.15, 0.2) is 11.5 Å². The molecule has 2 heterocycles. The van der Waals surface area contributed by atoms with Crippen molar-refractivity contribution < 1.29 is 9.21 Å². The SMILES string of the molecule is Cc1ccc(CC(=O)N2CCC(c3nc4ccccc4o3)CC2)cc1. The highest BCUT2D eigenvalue weighted by Gasteiger charge is 2.26. The molecule has 0 atom stereocenters. The molecule has 0 radical (unpaired) electrons. The van der Waals surface area contributed by atoms with Crippen molar-refractivity contribution >= 4 is 17.0 Å². The maximum atomic E-state index is 12.5. The number of hydrogen-bond donors (Lipinski definition) is 0. The summed E-state index contributed by atoms with van der Waals surface area (Å²) in [4.78, 5) is 19.1. The van der Waals surface area contributed by atoms with Gasteiger partial charge in [-0.2, -0.15) is 0 Å². The topological polar surface area (TPSA) is 46.3 Å². The molecule has 1 saturated heterocycles. The molecule has 0 saturated carbocycles. The van der Waals surface area contributed by atoms with Gasteiger partial charge in [0.2, 0.25) is 5.91 Å². The second kappa shape index (κ2) is 6.71. The predicted octanol–water partition coefficient (Wildman–Crippen LogP) is 4.08. The van der Waals surface area contributed by atoms with Crippen LogP contribution in [0, 0.1) is 6.92 Å². The highest BCUT2D eigenvalue weighted by atomic mass is 16.3. The molecule has 4 heteroatoms. The number of carbonyl (C=O) groups is 1. The molecule has 4 rings (SSSR count). The molecule has 1 aromatic heterocycles. The van der Waals surface area contributed by atoms with Crippen LogP contribution in [0.2, 0.25) is 0 Å². The summed E-state index contributed by atoms with van der Waals surface area (Å²) >= 11 is 0.